The second-order valence-electron chi connectivity index (χ2n) is 10.5. The largest absolute Gasteiger partial charge is 0.478 e. The number of hydrogen-bond acceptors (Lipinski definition) is 4. The van der Waals surface area contributed by atoms with Crippen LogP contribution in [-0.2, 0) is 0 Å². The summed E-state index contributed by atoms with van der Waals surface area (Å²) in [7, 11) is 0. The number of rotatable bonds is 10. The molecule has 0 aliphatic carbocycles. The molecule has 42 heavy (non-hydrogen) atoms. The van der Waals surface area contributed by atoms with Crippen molar-refractivity contribution in [2.75, 3.05) is 6.54 Å². The maximum absolute atomic E-state index is 15.8. The van der Waals surface area contributed by atoms with E-state index in [0.717, 1.165) is 37.8 Å². The van der Waals surface area contributed by atoms with Crippen LogP contribution in [0.3, 0.4) is 0 Å². The van der Waals surface area contributed by atoms with Gasteiger partial charge in [0, 0.05) is 33.7 Å². The van der Waals surface area contributed by atoms with Gasteiger partial charge in [-0.2, -0.15) is 0 Å². The number of nitrogens with two attached hydrogens (primary N) is 1. The molecule has 1 unspecified atom stereocenters. The van der Waals surface area contributed by atoms with Crippen LogP contribution in [0.4, 0.5) is 8.78 Å². The number of carboxylic acid groups (broad SMARTS) is 2. The maximum Gasteiger partial charge on any atom is 0.336 e. The third-order valence-corrected chi connectivity index (χ3v) is 8.08. The SMILES string of the molecule is CCCCC(CC)CNC(=O)c1ccc2c3c(F)cc(C(=O)O)c4c(C(=O)O)ccc(c5cc(F)c(C(N)=O)c1c52)c43. The molecule has 0 bridgehead atoms. The Kier molecular flexibility index (Phi) is 7.40. The average Bonchev–Trinajstić information content (AvgIpc) is 2.94. The summed E-state index contributed by atoms with van der Waals surface area (Å²) in [4.78, 5) is 50.2. The van der Waals surface area contributed by atoms with Gasteiger partial charge in [-0.1, -0.05) is 45.2 Å². The molecule has 216 valence electrons. The van der Waals surface area contributed by atoms with Gasteiger partial charge in [0.2, 0.25) is 0 Å². The van der Waals surface area contributed by atoms with Crippen LogP contribution in [0.1, 0.15) is 81.0 Å². The van der Waals surface area contributed by atoms with Gasteiger partial charge in [-0.3, -0.25) is 9.59 Å². The lowest BCUT2D eigenvalue weighted by atomic mass is 9.83. The molecule has 0 aliphatic heterocycles. The Balaban J connectivity index is 1.90. The topological polar surface area (TPSA) is 147 Å². The molecule has 0 fully saturated rings. The van der Waals surface area contributed by atoms with Crippen molar-refractivity contribution in [2.45, 2.75) is 39.5 Å². The van der Waals surface area contributed by atoms with E-state index in [1.54, 1.807) is 0 Å². The molecule has 5 aromatic rings. The summed E-state index contributed by atoms with van der Waals surface area (Å²) in [6.45, 7) is 4.46. The lowest BCUT2D eigenvalue weighted by Gasteiger charge is -2.21. The van der Waals surface area contributed by atoms with Gasteiger partial charge in [-0.25, -0.2) is 18.4 Å². The van der Waals surface area contributed by atoms with Gasteiger partial charge in [0.25, 0.3) is 11.8 Å². The van der Waals surface area contributed by atoms with Crippen molar-refractivity contribution in [3.8, 4) is 0 Å². The minimum atomic E-state index is -1.54. The van der Waals surface area contributed by atoms with Crippen LogP contribution >= 0.6 is 0 Å². The zero-order valence-electron chi connectivity index (χ0n) is 22.9. The molecule has 0 heterocycles. The molecule has 1 atom stereocenters. The van der Waals surface area contributed by atoms with Gasteiger partial charge >= 0.3 is 11.9 Å². The molecule has 0 saturated carbocycles. The Bertz CT molecular complexity index is 1950. The fourth-order valence-electron chi connectivity index (χ4n) is 6.03. The average molecular weight is 575 g/mol. The van der Waals surface area contributed by atoms with Gasteiger partial charge in [0.1, 0.15) is 11.6 Å². The number of primary amides is 1. The lowest BCUT2D eigenvalue weighted by Crippen LogP contribution is -2.29. The van der Waals surface area contributed by atoms with Crippen molar-refractivity contribution >= 4 is 66.8 Å². The van der Waals surface area contributed by atoms with Crippen molar-refractivity contribution < 1.29 is 38.2 Å². The highest BCUT2D eigenvalue weighted by atomic mass is 19.1. The molecule has 2 amide bonds. The molecule has 10 heteroatoms. The highest BCUT2D eigenvalue weighted by molar-refractivity contribution is 6.38. The number of carboxylic acids is 2. The van der Waals surface area contributed by atoms with Crippen LogP contribution in [-0.4, -0.2) is 40.5 Å². The highest BCUT2D eigenvalue weighted by Crippen LogP contribution is 2.45. The smallest absolute Gasteiger partial charge is 0.336 e. The molecule has 0 aromatic heterocycles. The van der Waals surface area contributed by atoms with E-state index in [4.69, 9.17) is 5.73 Å². The van der Waals surface area contributed by atoms with Crippen LogP contribution in [0.15, 0.2) is 36.4 Å². The first kappa shape index (κ1) is 28.7. The molecule has 5 N–H and O–H groups in total. The summed E-state index contributed by atoms with van der Waals surface area (Å²) in [5.41, 5.74) is 4.10. The van der Waals surface area contributed by atoms with Gasteiger partial charge in [-0.05, 0) is 58.1 Å². The van der Waals surface area contributed by atoms with Crippen molar-refractivity contribution in [3.05, 3.63) is 70.3 Å². The number of hydrogen-bond donors (Lipinski definition) is 4. The molecule has 0 saturated heterocycles. The van der Waals surface area contributed by atoms with E-state index in [1.165, 1.54) is 24.3 Å². The first-order valence-corrected chi connectivity index (χ1v) is 13.6. The Morgan fingerprint density at radius 1 is 0.786 bits per heavy atom. The first-order chi connectivity index (χ1) is 20.0. The number of fused-ring (bicyclic) bond motifs is 2. The van der Waals surface area contributed by atoms with Crippen LogP contribution < -0.4 is 11.1 Å². The minimum absolute atomic E-state index is 0.0220. The van der Waals surface area contributed by atoms with Gasteiger partial charge < -0.3 is 21.3 Å². The van der Waals surface area contributed by atoms with E-state index in [1.807, 2.05) is 6.92 Å². The van der Waals surface area contributed by atoms with Gasteiger partial charge in [0.15, 0.2) is 0 Å². The van der Waals surface area contributed by atoms with E-state index in [9.17, 15) is 29.4 Å². The van der Waals surface area contributed by atoms with Crippen molar-refractivity contribution in [1.82, 2.24) is 5.32 Å². The monoisotopic (exact) mass is 574 g/mol. The number of carbonyl (C=O) groups excluding carboxylic acids is 2. The van der Waals surface area contributed by atoms with E-state index in [2.05, 4.69) is 12.2 Å². The van der Waals surface area contributed by atoms with Gasteiger partial charge in [0.05, 0.1) is 16.7 Å². The zero-order chi connectivity index (χ0) is 30.5. The number of unbranched alkanes of at least 4 members (excludes halogenated alkanes) is 1. The molecule has 8 nitrogen and oxygen atoms in total. The maximum atomic E-state index is 15.8. The number of carbonyl (C=O) groups is 4. The Labute approximate surface area is 238 Å². The normalized spacial score (nSPS) is 12.4. The van der Waals surface area contributed by atoms with E-state index < -0.39 is 46.5 Å². The zero-order valence-corrected chi connectivity index (χ0v) is 22.9. The highest BCUT2D eigenvalue weighted by Gasteiger charge is 2.29. The molecule has 5 aromatic carbocycles. The molecule has 5 rings (SSSR count). The number of aromatic carboxylic acids is 2. The summed E-state index contributed by atoms with van der Waals surface area (Å²) in [5, 5.41) is 22.7. The summed E-state index contributed by atoms with van der Waals surface area (Å²) in [6, 6.07) is 7.06. The van der Waals surface area contributed by atoms with Crippen molar-refractivity contribution in [3.63, 3.8) is 0 Å². The van der Waals surface area contributed by atoms with E-state index in [-0.39, 0.29) is 60.1 Å². The van der Waals surface area contributed by atoms with Crippen LogP contribution in [0.25, 0.3) is 43.1 Å². The Morgan fingerprint density at radius 3 is 2.07 bits per heavy atom. The predicted molar refractivity (Wildman–Crippen MR) is 156 cm³/mol. The Morgan fingerprint density at radius 2 is 1.45 bits per heavy atom. The fraction of sp³-hybridized carbons (Fsp3) is 0.250. The summed E-state index contributed by atoms with van der Waals surface area (Å²) >= 11 is 0. The predicted octanol–water partition coefficient (Wildman–Crippen LogP) is 6.46. The lowest BCUT2D eigenvalue weighted by molar-refractivity contribution is 0.0695. The quantitative estimate of drug-likeness (QED) is 0.111. The molecule has 0 radical (unpaired) electrons. The van der Waals surface area contributed by atoms with Crippen molar-refractivity contribution in [1.29, 1.82) is 0 Å². The Hall–Kier alpha value is -4.86. The fourth-order valence-corrected chi connectivity index (χ4v) is 6.03. The molecular weight excluding hydrogens is 546 g/mol. The van der Waals surface area contributed by atoms with Crippen LogP contribution in [0, 0.1) is 17.6 Å². The molecule has 0 aliphatic rings. The second kappa shape index (κ2) is 10.8. The third kappa shape index (κ3) is 4.43. The number of halogens is 2. The summed E-state index contributed by atoms with van der Waals surface area (Å²) in [5.74, 6) is -6.43. The minimum Gasteiger partial charge on any atom is -0.478 e. The third-order valence-electron chi connectivity index (χ3n) is 8.08. The summed E-state index contributed by atoms with van der Waals surface area (Å²) < 4.78 is 31.5. The first-order valence-electron chi connectivity index (χ1n) is 13.6. The molecule has 0 spiro atoms. The van der Waals surface area contributed by atoms with Crippen LogP contribution in [0.2, 0.25) is 0 Å². The number of nitrogens with one attached hydrogen (secondary N) is 1. The van der Waals surface area contributed by atoms with E-state index >= 15 is 8.78 Å². The number of amides is 2. The second-order valence-corrected chi connectivity index (χ2v) is 10.5. The van der Waals surface area contributed by atoms with Crippen LogP contribution in [0.5, 0.6) is 0 Å². The molecular formula is C32H28F2N2O6. The van der Waals surface area contributed by atoms with Crippen molar-refractivity contribution in [2.24, 2.45) is 11.7 Å². The standard InChI is InChI=1S/C32H28F2N2O6/c1-3-5-6-14(4-2)13-36-30(38)17-9-8-16-23-19(11-22(34)28(27(17)23)29(35)37)15-7-10-18(31(39)40)24-20(32(41)42)12-21(33)25(16)26(15)24/h7-12,14H,3-6,13H2,1-2H3,(H2,35,37)(H,36,38)(H,39,40)(H,41,42). The summed E-state index contributed by atoms with van der Waals surface area (Å²) in [6.07, 6.45) is 3.75. The van der Waals surface area contributed by atoms with Gasteiger partial charge in [-0.15, -0.1) is 0 Å². The number of benzene rings is 5. The van der Waals surface area contributed by atoms with E-state index in [0.29, 0.717) is 6.54 Å².